The Morgan fingerprint density at radius 3 is 3.05 bits per heavy atom. The van der Waals surface area contributed by atoms with E-state index in [-0.39, 0.29) is 11.9 Å². The lowest BCUT2D eigenvalue weighted by atomic mass is 10.3. The van der Waals surface area contributed by atoms with Gasteiger partial charge in [-0.25, -0.2) is 4.98 Å². The highest BCUT2D eigenvalue weighted by molar-refractivity contribution is 8.00. The lowest BCUT2D eigenvalue weighted by Crippen LogP contribution is -2.27. The van der Waals surface area contributed by atoms with Gasteiger partial charge in [0.1, 0.15) is 16.1 Å². The Kier molecular flexibility index (Phi) is 5.71. The first-order valence-electron chi connectivity index (χ1n) is 6.25. The molecule has 0 aliphatic rings. The van der Waals surface area contributed by atoms with Gasteiger partial charge in [0, 0.05) is 18.9 Å². The minimum absolute atomic E-state index is 0.254. The quantitative estimate of drug-likeness (QED) is 0.777. The van der Waals surface area contributed by atoms with Crippen molar-refractivity contribution in [3.63, 3.8) is 0 Å². The van der Waals surface area contributed by atoms with Crippen molar-refractivity contribution in [2.24, 2.45) is 0 Å². The monoisotopic (exact) mass is 328 g/mol. The fraction of sp³-hybridized carbons (Fsp3) is 0.500. The molecule has 21 heavy (non-hydrogen) atoms. The summed E-state index contributed by atoms with van der Waals surface area (Å²) in [6.07, 6.45) is 2.49. The van der Waals surface area contributed by atoms with Crippen LogP contribution in [0.3, 0.4) is 0 Å². The van der Waals surface area contributed by atoms with Gasteiger partial charge in [-0.05, 0) is 13.2 Å². The van der Waals surface area contributed by atoms with E-state index in [9.17, 15) is 4.79 Å². The lowest BCUT2D eigenvalue weighted by molar-refractivity contribution is 0.0927. The maximum atomic E-state index is 12.1. The molecule has 0 saturated heterocycles. The van der Waals surface area contributed by atoms with E-state index in [2.05, 4.69) is 20.4 Å². The Morgan fingerprint density at radius 2 is 2.38 bits per heavy atom. The van der Waals surface area contributed by atoms with Crippen molar-refractivity contribution >= 4 is 29.0 Å². The SMILES string of the molecule is COCCc1noc(C(C)NC(=O)c2csc(SC)n2)n1. The summed E-state index contributed by atoms with van der Waals surface area (Å²) in [7, 11) is 1.61. The maximum Gasteiger partial charge on any atom is 0.271 e. The summed E-state index contributed by atoms with van der Waals surface area (Å²) in [5.41, 5.74) is 0.398. The fourth-order valence-electron chi connectivity index (χ4n) is 1.53. The normalized spacial score (nSPS) is 12.3. The van der Waals surface area contributed by atoms with Gasteiger partial charge in [0.15, 0.2) is 5.82 Å². The molecule has 0 saturated carbocycles. The number of carbonyl (C=O) groups excluding carboxylic acids is 1. The van der Waals surface area contributed by atoms with Crippen LogP contribution in [-0.2, 0) is 11.2 Å². The maximum absolute atomic E-state index is 12.1. The number of thiazole rings is 1. The molecule has 0 fully saturated rings. The van der Waals surface area contributed by atoms with Gasteiger partial charge < -0.3 is 14.6 Å². The van der Waals surface area contributed by atoms with Gasteiger partial charge in [0.05, 0.1) is 6.61 Å². The molecule has 2 aromatic rings. The third kappa shape index (κ3) is 4.26. The van der Waals surface area contributed by atoms with Crippen molar-refractivity contribution in [2.75, 3.05) is 20.0 Å². The predicted molar refractivity (Wildman–Crippen MR) is 79.7 cm³/mol. The van der Waals surface area contributed by atoms with E-state index in [1.807, 2.05) is 6.26 Å². The van der Waals surface area contributed by atoms with Crippen LogP contribution in [0.1, 0.15) is 35.2 Å². The molecule has 1 N–H and O–H groups in total. The number of amides is 1. The van der Waals surface area contributed by atoms with Gasteiger partial charge in [-0.2, -0.15) is 4.98 Å². The molecule has 9 heteroatoms. The molecule has 2 rings (SSSR count). The Balaban J connectivity index is 1.95. The second-order valence-electron chi connectivity index (χ2n) is 4.19. The van der Waals surface area contributed by atoms with Crippen LogP contribution in [0.25, 0.3) is 0 Å². The Hall–Kier alpha value is -1.45. The number of rotatable bonds is 7. The minimum atomic E-state index is -0.374. The van der Waals surface area contributed by atoms with Gasteiger partial charge >= 0.3 is 0 Å². The topological polar surface area (TPSA) is 90.1 Å². The second kappa shape index (κ2) is 7.53. The number of hydrogen-bond acceptors (Lipinski definition) is 8. The summed E-state index contributed by atoms with van der Waals surface area (Å²) in [6, 6.07) is -0.374. The lowest BCUT2D eigenvalue weighted by Gasteiger charge is -2.07. The molecule has 2 aromatic heterocycles. The third-order valence-electron chi connectivity index (χ3n) is 2.62. The molecule has 0 spiro atoms. The van der Waals surface area contributed by atoms with Crippen LogP contribution in [0.2, 0.25) is 0 Å². The molecule has 0 bridgehead atoms. The number of hydrogen-bond donors (Lipinski definition) is 1. The van der Waals surface area contributed by atoms with Gasteiger partial charge in [0.2, 0.25) is 5.89 Å². The number of nitrogens with zero attached hydrogens (tertiary/aromatic N) is 3. The van der Waals surface area contributed by atoms with Crippen LogP contribution in [0.5, 0.6) is 0 Å². The van der Waals surface area contributed by atoms with Crippen molar-refractivity contribution in [2.45, 2.75) is 23.7 Å². The number of nitrogens with one attached hydrogen (secondary N) is 1. The van der Waals surface area contributed by atoms with E-state index in [0.29, 0.717) is 30.4 Å². The summed E-state index contributed by atoms with van der Waals surface area (Å²) in [5.74, 6) is 0.678. The van der Waals surface area contributed by atoms with Crippen molar-refractivity contribution in [3.8, 4) is 0 Å². The zero-order chi connectivity index (χ0) is 15.2. The Morgan fingerprint density at radius 1 is 1.57 bits per heavy atom. The van der Waals surface area contributed by atoms with Crippen LogP contribution in [0, 0.1) is 0 Å². The molecule has 1 unspecified atom stereocenters. The Bertz CT molecular complexity index is 599. The standard InChI is InChI=1S/C12H16N4O3S2/c1-7(11-15-9(16-19-11)4-5-18-2)13-10(17)8-6-21-12(14-8)20-3/h6-7H,4-5H2,1-3H3,(H,13,17). The van der Waals surface area contributed by atoms with E-state index in [0.717, 1.165) is 4.34 Å². The van der Waals surface area contributed by atoms with E-state index < -0.39 is 0 Å². The van der Waals surface area contributed by atoms with Crippen molar-refractivity contribution in [1.82, 2.24) is 20.4 Å². The van der Waals surface area contributed by atoms with Crippen LogP contribution < -0.4 is 5.32 Å². The smallest absolute Gasteiger partial charge is 0.271 e. The van der Waals surface area contributed by atoms with Gasteiger partial charge in [-0.3, -0.25) is 4.79 Å². The van der Waals surface area contributed by atoms with Gasteiger partial charge in [-0.15, -0.1) is 11.3 Å². The molecule has 0 aromatic carbocycles. The predicted octanol–water partition coefficient (Wildman–Crippen LogP) is 1.93. The molecule has 2 heterocycles. The number of methoxy groups -OCH3 is 1. The number of carbonyl (C=O) groups is 1. The van der Waals surface area contributed by atoms with Crippen molar-refractivity contribution in [1.29, 1.82) is 0 Å². The zero-order valence-corrected chi connectivity index (χ0v) is 13.6. The highest BCUT2D eigenvalue weighted by Crippen LogP contribution is 2.20. The minimum Gasteiger partial charge on any atom is -0.384 e. The second-order valence-corrected chi connectivity index (χ2v) is 6.10. The van der Waals surface area contributed by atoms with E-state index >= 15 is 0 Å². The summed E-state index contributed by atoms with van der Waals surface area (Å²) < 4.78 is 10.9. The highest BCUT2D eigenvalue weighted by Gasteiger charge is 2.19. The van der Waals surface area contributed by atoms with Crippen LogP contribution in [0.4, 0.5) is 0 Å². The van der Waals surface area contributed by atoms with Gasteiger partial charge in [-0.1, -0.05) is 16.9 Å². The first-order valence-corrected chi connectivity index (χ1v) is 8.36. The van der Waals surface area contributed by atoms with E-state index in [1.165, 1.54) is 23.1 Å². The molecule has 0 aliphatic heterocycles. The van der Waals surface area contributed by atoms with Crippen molar-refractivity contribution < 1.29 is 14.1 Å². The summed E-state index contributed by atoms with van der Waals surface area (Å²) in [6.45, 7) is 2.31. The first-order chi connectivity index (χ1) is 10.1. The van der Waals surface area contributed by atoms with Gasteiger partial charge in [0.25, 0.3) is 5.91 Å². The van der Waals surface area contributed by atoms with Crippen LogP contribution in [0.15, 0.2) is 14.2 Å². The first kappa shape index (κ1) is 15.9. The summed E-state index contributed by atoms with van der Waals surface area (Å²) in [5, 5.41) is 8.35. The molecule has 0 radical (unpaired) electrons. The molecule has 1 atom stereocenters. The average molecular weight is 328 g/mol. The van der Waals surface area contributed by atoms with E-state index in [4.69, 9.17) is 9.26 Å². The Labute approximate surface area is 130 Å². The zero-order valence-electron chi connectivity index (χ0n) is 12.0. The third-order valence-corrected chi connectivity index (χ3v) is 4.49. The van der Waals surface area contributed by atoms with Crippen LogP contribution in [-0.4, -0.2) is 41.0 Å². The molecule has 7 nitrogen and oxygen atoms in total. The molecular weight excluding hydrogens is 312 g/mol. The number of aromatic nitrogens is 3. The van der Waals surface area contributed by atoms with E-state index in [1.54, 1.807) is 19.4 Å². The number of thioether (sulfide) groups is 1. The summed E-state index contributed by atoms with van der Waals surface area (Å²) >= 11 is 2.95. The van der Waals surface area contributed by atoms with Crippen LogP contribution >= 0.6 is 23.1 Å². The average Bonchev–Trinajstić information content (AvgIpc) is 3.14. The molecule has 1 amide bonds. The largest absolute Gasteiger partial charge is 0.384 e. The molecular formula is C12H16N4O3S2. The summed E-state index contributed by atoms with van der Waals surface area (Å²) in [4.78, 5) is 20.5. The fourth-order valence-corrected chi connectivity index (χ4v) is 2.77. The highest BCUT2D eigenvalue weighted by atomic mass is 32.2. The number of ether oxygens (including phenoxy) is 1. The molecule has 0 aliphatic carbocycles. The molecule has 114 valence electrons. The van der Waals surface area contributed by atoms with Crippen molar-refractivity contribution in [3.05, 3.63) is 22.8 Å².